The Morgan fingerprint density at radius 1 is 1.36 bits per heavy atom. The number of rotatable bonds is 4. The number of hydrogen-bond acceptors (Lipinski definition) is 5. The third-order valence-corrected chi connectivity index (χ3v) is 3.61. The molecule has 0 aliphatic carbocycles. The standard InChI is InChI=1S/C16H18N4O2/c21-16(12-3-1-6-17-9-12)19-10-14-5-7-18-15(20-14)13-4-2-8-22-11-13/h1,3,5-7,9,13H,2,4,8,10-11H2,(H,19,21)/t13-/m0/s1. The maximum absolute atomic E-state index is 12.0. The average Bonchev–Trinajstić information content (AvgIpc) is 2.61. The van der Waals surface area contributed by atoms with Gasteiger partial charge in [0, 0.05) is 31.1 Å². The number of nitrogens with one attached hydrogen (secondary N) is 1. The number of ether oxygens (including phenoxy) is 1. The van der Waals surface area contributed by atoms with Crippen LogP contribution in [0.5, 0.6) is 0 Å². The van der Waals surface area contributed by atoms with Crippen molar-refractivity contribution in [1.82, 2.24) is 20.3 Å². The van der Waals surface area contributed by atoms with Crippen LogP contribution in [0.1, 0.15) is 40.6 Å². The largest absolute Gasteiger partial charge is 0.381 e. The Kier molecular flexibility index (Phi) is 4.70. The van der Waals surface area contributed by atoms with Crippen molar-refractivity contribution in [3.05, 3.63) is 53.9 Å². The number of carbonyl (C=O) groups is 1. The fraction of sp³-hybridized carbons (Fsp3) is 0.375. The van der Waals surface area contributed by atoms with E-state index in [1.807, 2.05) is 6.07 Å². The van der Waals surface area contributed by atoms with Gasteiger partial charge < -0.3 is 10.1 Å². The minimum atomic E-state index is -0.158. The van der Waals surface area contributed by atoms with Gasteiger partial charge in [-0.25, -0.2) is 9.97 Å². The fourth-order valence-electron chi connectivity index (χ4n) is 2.42. The van der Waals surface area contributed by atoms with E-state index in [2.05, 4.69) is 20.3 Å². The summed E-state index contributed by atoms with van der Waals surface area (Å²) in [4.78, 5) is 24.8. The van der Waals surface area contributed by atoms with E-state index in [4.69, 9.17) is 4.74 Å². The summed E-state index contributed by atoms with van der Waals surface area (Å²) >= 11 is 0. The molecule has 0 radical (unpaired) electrons. The van der Waals surface area contributed by atoms with Crippen LogP contribution < -0.4 is 5.32 Å². The van der Waals surface area contributed by atoms with Gasteiger partial charge in [-0.1, -0.05) is 0 Å². The maximum Gasteiger partial charge on any atom is 0.253 e. The van der Waals surface area contributed by atoms with Gasteiger partial charge in [-0.2, -0.15) is 0 Å². The van der Waals surface area contributed by atoms with Crippen LogP contribution in [0, 0.1) is 0 Å². The number of aromatic nitrogens is 3. The van der Waals surface area contributed by atoms with Gasteiger partial charge >= 0.3 is 0 Å². The average molecular weight is 298 g/mol. The zero-order chi connectivity index (χ0) is 15.2. The zero-order valence-corrected chi connectivity index (χ0v) is 12.2. The summed E-state index contributed by atoms with van der Waals surface area (Å²) < 4.78 is 5.48. The number of carbonyl (C=O) groups excluding carboxylic acids is 1. The molecule has 1 fully saturated rings. The molecule has 0 saturated carbocycles. The summed E-state index contributed by atoms with van der Waals surface area (Å²) in [6, 6.07) is 5.28. The molecule has 0 unspecified atom stereocenters. The van der Waals surface area contributed by atoms with Gasteiger partial charge in [-0.3, -0.25) is 9.78 Å². The highest BCUT2D eigenvalue weighted by molar-refractivity contribution is 5.93. The second-order valence-electron chi connectivity index (χ2n) is 5.24. The van der Waals surface area contributed by atoms with Crippen molar-refractivity contribution in [3.63, 3.8) is 0 Å². The second-order valence-corrected chi connectivity index (χ2v) is 5.24. The molecule has 1 aliphatic heterocycles. The molecule has 1 atom stereocenters. The molecule has 3 rings (SSSR count). The Bertz CT molecular complexity index is 627. The van der Waals surface area contributed by atoms with Gasteiger partial charge in [0.25, 0.3) is 5.91 Å². The van der Waals surface area contributed by atoms with Crippen molar-refractivity contribution in [2.45, 2.75) is 25.3 Å². The molecule has 3 heterocycles. The minimum absolute atomic E-state index is 0.158. The van der Waals surface area contributed by atoms with E-state index in [-0.39, 0.29) is 11.8 Å². The molecule has 6 nitrogen and oxygen atoms in total. The van der Waals surface area contributed by atoms with E-state index in [1.54, 1.807) is 30.7 Å². The van der Waals surface area contributed by atoms with Crippen molar-refractivity contribution in [2.24, 2.45) is 0 Å². The molecule has 22 heavy (non-hydrogen) atoms. The van der Waals surface area contributed by atoms with E-state index in [0.29, 0.717) is 18.7 Å². The highest BCUT2D eigenvalue weighted by Gasteiger charge is 2.18. The molecule has 1 saturated heterocycles. The summed E-state index contributed by atoms with van der Waals surface area (Å²) in [7, 11) is 0. The zero-order valence-electron chi connectivity index (χ0n) is 12.2. The molecule has 2 aromatic heterocycles. The van der Waals surface area contributed by atoms with Crippen LogP contribution in [0.4, 0.5) is 0 Å². The fourth-order valence-corrected chi connectivity index (χ4v) is 2.42. The molecule has 0 bridgehead atoms. The third-order valence-electron chi connectivity index (χ3n) is 3.61. The van der Waals surface area contributed by atoms with Crippen molar-refractivity contribution < 1.29 is 9.53 Å². The molecule has 0 spiro atoms. The number of amides is 1. The predicted molar refractivity (Wildman–Crippen MR) is 80.2 cm³/mol. The van der Waals surface area contributed by atoms with Crippen LogP contribution in [0.3, 0.4) is 0 Å². The van der Waals surface area contributed by atoms with Gasteiger partial charge in [0.05, 0.1) is 24.4 Å². The second kappa shape index (κ2) is 7.09. The quantitative estimate of drug-likeness (QED) is 0.929. The van der Waals surface area contributed by atoms with Crippen LogP contribution in [0.25, 0.3) is 0 Å². The minimum Gasteiger partial charge on any atom is -0.381 e. The Balaban J connectivity index is 1.62. The molecular weight excluding hydrogens is 280 g/mol. The highest BCUT2D eigenvalue weighted by Crippen LogP contribution is 2.22. The summed E-state index contributed by atoms with van der Waals surface area (Å²) in [5, 5.41) is 2.84. The molecule has 6 heteroatoms. The molecule has 1 amide bonds. The smallest absolute Gasteiger partial charge is 0.253 e. The summed E-state index contributed by atoms with van der Waals surface area (Å²) in [6.45, 7) is 1.86. The summed E-state index contributed by atoms with van der Waals surface area (Å²) in [5.74, 6) is 0.893. The van der Waals surface area contributed by atoms with Crippen LogP contribution in [-0.2, 0) is 11.3 Å². The lowest BCUT2D eigenvalue weighted by molar-refractivity contribution is 0.0779. The first-order valence-electron chi connectivity index (χ1n) is 7.41. The first kappa shape index (κ1) is 14.6. The number of hydrogen-bond donors (Lipinski definition) is 1. The molecule has 1 aliphatic rings. The SMILES string of the molecule is O=C(NCc1ccnc([C@H]2CCCOC2)n1)c1cccnc1. The first-order chi connectivity index (χ1) is 10.8. The Morgan fingerprint density at radius 3 is 3.09 bits per heavy atom. The monoisotopic (exact) mass is 298 g/mol. The van der Waals surface area contributed by atoms with Crippen molar-refractivity contribution in [3.8, 4) is 0 Å². The lowest BCUT2D eigenvalue weighted by Gasteiger charge is -2.20. The molecule has 0 aromatic carbocycles. The Hall–Kier alpha value is -2.34. The summed E-state index contributed by atoms with van der Waals surface area (Å²) in [5.41, 5.74) is 1.34. The lowest BCUT2D eigenvalue weighted by Crippen LogP contribution is -2.24. The first-order valence-corrected chi connectivity index (χ1v) is 7.41. The number of pyridine rings is 1. The van der Waals surface area contributed by atoms with Gasteiger partial charge in [-0.05, 0) is 31.0 Å². The highest BCUT2D eigenvalue weighted by atomic mass is 16.5. The molecular formula is C16H18N4O2. The molecule has 2 aromatic rings. The van der Waals surface area contributed by atoms with E-state index in [1.165, 1.54) is 0 Å². The van der Waals surface area contributed by atoms with E-state index < -0.39 is 0 Å². The lowest BCUT2D eigenvalue weighted by atomic mass is 10.0. The van der Waals surface area contributed by atoms with Crippen LogP contribution in [-0.4, -0.2) is 34.1 Å². The van der Waals surface area contributed by atoms with E-state index in [0.717, 1.165) is 31.0 Å². The van der Waals surface area contributed by atoms with Crippen LogP contribution >= 0.6 is 0 Å². The Labute approximate surface area is 129 Å². The number of nitrogens with zero attached hydrogens (tertiary/aromatic N) is 3. The van der Waals surface area contributed by atoms with Crippen molar-refractivity contribution in [2.75, 3.05) is 13.2 Å². The molecule has 114 valence electrons. The third kappa shape index (κ3) is 3.65. The summed E-state index contributed by atoms with van der Waals surface area (Å²) in [6.07, 6.45) is 7.00. The topological polar surface area (TPSA) is 77.0 Å². The van der Waals surface area contributed by atoms with Crippen molar-refractivity contribution >= 4 is 5.91 Å². The van der Waals surface area contributed by atoms with Gasteiger partial charge in [0.1, 0.15) is 5.82 Å². The van der Waals surface area contributed by atoms with E-state index >= 15 is 0 Å². The normalized spacial score (nSPS) is 17.9. The van der Waals surface area contributed by atoms with E-state index in [9.17, 15) is 4.79 Å². The van der Waals surface area contributed by atoms with Gasteiger partial charge in [0.2, 0.25) is 0 Å². The van der Waals surface area contributed by atoms with Crippen molar-refractivity contribution in [1.29, 1.82) is 0 Å². The van der Waals surface area contributed by atoms with Crippen LogP contribution in [0.15, 0.2) is 36.8 Å². The predicted octanol–water partition coefficient (Wildman–Crippen LogP) is 1.70. The maximum atomic E-state index is 12.0. The van der Waals surface area contributed by atoms with Gasteiger partial charge in [-0.15, -0.1) is 0 Å². The van der Waals surface area contributed by atoms with Crippen LogP contribution in [0.2, 0.25) is 0 Å². The van der Waals surface area contributed by atoms with Gasteiger partial charge in [0.15, 0.2) is 0 Å². The molecule has 1 N–H and O–H groups in total. The Morgan fingerprint density at radius 2 is 2.32 bits per heavy atom.